The van der Waals surface area contributed by atoms with Gasteiger partial charge in [-0.15, -0.1) is 0 Å². The standard InChI is InChI=1S/C17H20BrF3N6/c18-13-6-4-5-12(9-13)10-22-14-24-15(23-11-17(19,20)21)26-16(25-14)27-7-2-1-3-8-27/h4-6,9H,1-3,7-8,10-11H2,(H2,22,23,24,25,26). The number of rotatable bonds is 6. The summed E-state index contributed by atoms with van der Waals surface area (Å²) < 4.78 is 38.6. The van der Waals surface area contributed by atoms with Gasteiger partial charge in [0.05, 0.1) is 0 Å². The third-order valence-electron chi connectivity index (χ3n) is 4.05. The van der Waals surface area contributed by atoms with E-state index in [1.54, 1.807) is 0 Å². The van der Waals surface area contributed by atoms with Crippen molar-refractivity contribution in [3.63, 3.8) is 0 Å². The van der Waals surface area contributed by atoms with Gasteiger partial charge in [-0.1, -0.05) is 28.1 Å². The van der Waals surface area contributed by atoms with Gasteiger partial charge in [-0.3, -0.25) is 0 Å². The molecule has 3 rings (SSSR count). The molecule has 0 amide bonds. The van der Waals surface area contributed by atoms with E-state index in [1.165, 1.54) is 0 Å². The number of hydrogen-bond acceptors (Lipinski definition) is 6. The van der Waals surface area contributed by atoms with Gasteiger partial charge in [0, 0.05) is 24.1 Å². The molecule has 146 valence electrons. The van der Waals surface area contributed by atoms with Gasteiger partial charge in [-0.25, -0.2) is 0 Å². The average molecular weight is 445 g/mol. The average Bonchev–Trinajstić information content (AvgIpc) is 2.65. The Morgan fingerprint density at radius 2 is 1.70 bits per heavy atom. The summed E-state index contributed by atoms with van der Waals surface area (Å²) in [6, 6.07) is 7.71. The number of aromatic nitrogens is 3. The van der Waals surface area contributed by atoms with Gasteiger partial charge in [0.1, 0.15) is 6.54 Å². The maximum absolute atomic E-state index is 12.5. The van der Waals surface area contributed by atoms with Crippen LogP contribution in [0.2, 0.25) is 0 Å². The minimum atomic E-state index is -4.35. The SMILES string of the molecule is FC(F)(F)CNc1nc(NCc2cccc(Br)c2)nc(N2CCCCC2)n1. The maximum Gasteiger partial charge on any atom is 0.405 e. The summed E-state index contributed by atoms with van der Waals surface area (Å²) in [5.41, 5.74) is 0.995. The van der Waals surface area contributed by atoms with Gasteiger partial charge in [-0.05, 0) is 37.0 Å². The van der Waals surface area contributed by atoms with Gasteiger partial charge in [0.15, 0.2) is 0 Å². The van der Waals surface area contributed by atoms with Crippen molar-refractivity contribution in [2.75, 3.05) is 35.2 Å². The van der Waals surface area contributed by atoms with Crippen LogP contribution in [0.5, 0.6) is 0 Å². The monoisotopic (exact) mass is 444 g/mol. The second-order valence-corrected chi connectivity index (χ2v) is 7.20. The lowest BCUT2D eigenvalue weighted by molar-refractivity contribution is -0.115. The van der Waals surface area contributed by atoms with E-state index in [1.807, 2.05) is 29.2 Å². The van der Waals surface area contributed by atoms with Gasteiger partial charge < -0.3 is 15.5 Å². The van der Waals surface area contributed by atoms with E-state index in [0.29, 0.717) is 12.5 Å². The summed E-state index contributed by atoms with van der Waals surface area (Å²) in [5.74, 6) is 0.556. The van der Waals surface area contributed by atoms with Crippen molar-refractivity contribution in [1.82, 2.24) is 15.0 Å². The zero-order valence-electron chi connectivity index (χ0n) is 14.6. The van der Waals surface area contributed by atoms with Crippen LogP contribution in [0.3, 0.4) is 0 Å². The van der Waals surface area contributed by atoms with E-state index in [4.69, 9.17) is 0 Å². The first-order valence-electron chi connectivity index (χ1n) is 8.69. The molecule has 0 spiro atoms. The fourth-order valence-electron chi connectivity index (χ4n) is 2.77. The largest absolute Gasteiger partial charge is 0.405 e. The van der Waals surface area contributed by atoms with Crippen molar-refractivity contribution < 1.29 is 13.2 Å². The van der Waals surface area contributed by atoms with Gasteiger partial charge in [0.2, 0.25) is 17.8 Å². The van der Waals surface area contributed by atoms with Crippen molar-refractivity contribution in [3.8, 4) is 0 Å². The molecule has 0 bridgehead atoms. The number of nitrogens with one attached hydrogen (secondary N) is 2. The van der Waals surface area contributed by atoms with Crippen LogP contribution in [0.15, 0.2) is 28.7 Å². The summed E-state index contributed by atoms with van der Waals surface area (Å²) in [4.78, 5) is 14.6. The molecule has 1 saturated heterocycles. The fourth-order valence-corrected chi connectivity index (χ4v) is 3.21. The number of alkyl halides is 3. The predicted molar refractivity (Wildman–Crippen MR) is 102 cm³/mol. The summed E-state index contributed by atoms with van der Waals surface area (Å²) in [6.07, 6.45) is -1.19. The van der Waals surface area contributed by atoms with Crippen LogP contribution < -0.4 is 15.5 Å². The number of benzene rings is 1. The molecule has 1 aromatic carbocycles. The van der Waals surface area contributed by atoms with Crippen LogP contribution >= 0.6 is 15.9 Å². The molecule has 2 N–H and O–H groups in total. The molecule has 1 fully saturated rings. The van der Waals surface area contributed by atoms with E-state index in [2.05, 4.69) is 41.5 Å². The molecule has 0 atom stereocenters. The topological polar surface area (TPSA) is 66.0 Å². The first-order valence-corrected chi connectivity index (χ1v) is 9.48. The van der Waals surface area contributed by atoms with E-state index in [9.17, 15) is 13.2 Å². The van der Waals surface area contributed by atoms with Crippen LogP contribution in [-0.2, 0) is 6.54 Å². The maximum atomic E-state index is 12.5. The molecular weight excluding hydrogens is 425 g/mol. The smallest absolute Gasteiger partial charge is 0.350 e. The molecule has 0 radical (unpaired) electrons. The van der Waals surface area contributed by atoms with Gasteiger partial charge in [-0.2, -0.15) is 28.1 Å². The zero-order valence-corrected chi connectivity index (χ0v) is 16.1. The van der Waals surface area contributed by atoms with Crippen LogP contribution in [0, 0.1) is 0 Å². The van der Waals surface area contributed by atoms with E-state index in [-0.39, 0.29) is 11.9 Å². The number of hydrogen-bond donors (Lipinski definition) is 2. The van der Waals surface area contributed by atoms with E-state index < -0.39 is 12.7 Å². The van der Waals surface area contributed by atoms with Crippen molar-refractivity contribution in [3.05, 3.63) is 34.3 Å². The lowest BCUT2D eigenvalue weighted by Gasteiger charge is -2.27. The lowest BCUT2D eigenvalue weighted by atomic mass is 10.1. The minimum Gasteiger partial charge on any atom is -0.350 e. The molecular formula is C17H20BrF3N6. The van der Waals surface area contributed by atoms with Crippen molar-refractivity contribution in [2.24, 2.45) is 0 Å². The Labute approximate surface area is 163 Å². The molecule has 1 aliphatic heterocycles. The van der Waals surface area contributed by atoms with Gasteiger partial charge >= 0.3 is 6.18 Å². The normalized spacial score (nSPS) is 14.9. The van der Waals surface area contributed by atoms with E-state index >= 15 is 0 Å². The molecule has 1 aromatic heterocycles. The number of halogens is 4. The molecule has 10 heteroatoms. The summed E-state index contributed by atoms with van der Waals surface area (Å²) in [5, 5.41) is 5.32. The second-order valence-electron chi connectivity index (χ2n) is 6.28. The Hall–Kier alpha value is -2.10. The Kier molecular flexibility index (Phi) is 6.35. The highest BCUT2D eigenvalue weighted by atomic mass is 79.9. The number of piperidine rings is 1. The Morgan fingerprint density at radius 3 is 2.37 bits per heavy atom. The Bertz CT molecular complexity index is 765. The summed E-state index contributed by atoms with van der Waals surface area (Å²) >= 11 is 3.41. The third-order valence-corrected chi connectivity index (χ3v) is 4.54. The number of nitrogens with zero attached hydrogens (tertiary/aromatic N) is 4. The fraction of sp³-hybridized carbons (Fsp3) is 0.471. The Balaban J connectivity index is 1.77. The molecule has 27 heavy (non-hydrogen) atoms. The lowest BCUT2D eigenvalue weighted by Crippen LogP contribution is -2.32. The summed E-state index contributed by atoms with van der Waals surface area (Å²) in [6.45, 7) is 0.824. The number of anilines is 3. The van der Waals surface area contributed by atoms with Crippen LogP contribution in [0.4, 0.5) is 31.0 Å². The van der Waals surface area contributed by atoms with Gasteiger partial charge in [0.25, 0.3) is 0 Å². The third kappa shape index (κ3) is 6.23. The van der Waals surface area contributed by atoms with Crippen LogP contribution in [0.1, 0.15) is 24.8 Å². The van der Waals surface area contributed by atoms with Crippen molar-refractivity contribution in [2.45, 2.75) is 32.0 Å². The highest BCUT2D eigenvalue weighted by Crippen LogP contribution is 2.21. The quantitative estimate of drug-likeness (QED) is 0.695. The molecule has 0 aliphatic carbocycles. The first-order chi connectivity index (χ1) is 12.9. The molecule has 1 aliphatic rings. The van der Waals surface area contributed by atoms with Crippen LogP contribution in [0.25, 0.3) is 0 Å². The first kappa shape index (κ1) is 19.7. The summed E-state index contributed by atoms with van der Waals surface area (Å²) in [7, 11) is 0. The highest BCUT2D eigenvalue weighted by molar-refractivity contribution is 9.10. The molecule has 2 heterocycles. The highest BCUT2D eigenvalue weighted by Gasteiger charge is 2.27. The molecule has 6 nitrogen and oxygen atoms in total. The predicted octanol–water partition coefficient (Wildman–Crippen LogP) is 4.21. The van der Waals surface area contributed by atoms with Crippen molar-refractivity contribution >= 4 is 33.8 Å². The van der Waals surface area contributed by atoms with E-state index in [0.717, 1.165) is 42.4 Å². The zero-order chi connectivity index (χ0) is 19.3. The van der Waals surface area contributed by atoms with Crippen molar-refractivity contribution in [1.29, 1.82) is 0 Å². The molecule has 0 unspecified atom stereocenters. The molecule has 2 aromatic rings. The Morgan fingerprint density at radius 1 is 1.00 bits per heavy atom. The van der Waals surface area contributed by atoms with Crippen LogP contribution in [-0.4, -0.2) is 40.8 Å². The second kappa shape index (κ2) is 8.73. The minimum absolute atomic E-state index is 0.0837. The molecule has 0 saturated carbocycles.